The molecule has 0 aliphatic carbocycles. The molecule has 0 radical (unpaired) electrons. The molecule has 3 aromatic rings. The van der Waals surface area contributed by atoms with Crippen LogP contribution in [-0.2, 0) is 6.54 Å². The molecule has 0 atom stereocenters. The molecule has 2 aromatic carbocycles. The van der Waals surface area contributed by atoms with E-state index in [1.54, 1.807) is 24.3 Å². The van der Waals surface area contributed by atoms with Gasteiger partial charge in [-0.3, -0.25) is 4.79 Å². The Balaban J connectivity index is 2.11. The summed E-state index contributed by atoms with van der Waals surface area (Å²) in [5.74, 6) is -1.30. The molecule has 3 rings (SSSR count). The highest BCUT2D eigenvalue weighted by Crippen LogP contribution is 2.17. The lowest BCUT2D eigenvalue weighted by Crippen LogP contribution is -2.29. The van der Waals surface area contributed by atoms with E-state index in [2.05, 4.69) is 5.10 Å². The van der Waals surface area contributed by atoms with Crippen molar-refractivity contribution in [2.75, 3.05) is 0 Å². The molecule has 0 aliphatic rings. The smallest absolute Gasteiger partial charge is 0.341 e. The molecule has 1 aromatic heterocycles. The summed E-state index contributed by atoms with van der Waals surface area (Å²) >= 11 is 0. The fraction of sp³-hybridized carbons (Fsp3) is 0.0526. The predicted molar refractivity (Wildman–Crippen MR) is 91.2 cm³/mol. The molecule has 122 valence electrons. The first-order chi connectivity index (χ1) is 12.1. The van der Waals surface area contributed by atoms with Gasteiger partial charge in [0.05, 0.1) is 23.9 Å². The second-order valence-corrected chi connectivity index (χ2v) is 5.39. The van der Waals surface area contributed by atoms with Gasteiger partial charge in [0.2, 0.25) is 0 Å². The summed E-state index contributed by atoms with van der Waals surface area (Å²) in [4.78, 5) is 23.8. The van der Waals surface area contributed by atoms with Crippen LogP contribution < -0.4 is 5.56 Å². The zero-order valence-electron chi connectivity index (χ0n) is 13.1. The molecule has 0 fully saturated rings. The summed E-state index contributed by atoms with van der Waals surface area (Å²) in [7, 11) is 0. The number of carbonyl (C=O) groups is 1. The number of rotatable bonds is 4. The average Bonchev–Trinajstić information content (AvgIpc) is 2.64. The van der Waals surface area contributed by atoms with Crippen LogP contribution in [0.15, 0.2) is 65.5 Å². The van der Waals surface area contributed by atoms with Gasteiger partial charge in [0, 0.05) is 5.56 Å². The topological polar surface area (TPSA) is 96.0 Å². The van der Waals surface area contributed by atoms with Crippen molar-refractivity contribution in [3.8, 4) is 17.3 Å². The minimum atomic E-state index is -1.30. The Morgan fingerprint density at radius 1 is 1.12 bits per heavy atom. The normalized spacial score (nSPS) is 10.2. The number of benzene rings is 2. The van der Waals surface area contributed by atoms with Crippen molar-refractivity contribution in [2.24, 2.45) is 0 Å². The standard InChI is InChI=1S/C19H13N3O3/c20-11-13-6-8-15(9-7-13)17-10-16(19(24)25)18(23)22(21-17)12-14-4-2-1-3-5-14/h1-10H,12H2,(H,24,25). The number of hydrogen-bond acceptors (Lipinski definition) is 4. The molecule has 0 spiro atoms. The number of aromatic nitrogens is 2. The van der Waals surface area contributed by atoms with Gasteiger partial charge >= 0.3 is 5.97 Å². The van der Waals surface area contributed by atoms with E-state index in [0.717, 1.165) is 10.2 Å². The van der Waals surface area contributed by atoms with E-state index in [-0.39, 0.29) is 12.1 Å². The Morgan fingerprint density at radius 3 is 2.40 bits per heavy atom. The maximum Gasteiger partial charge on any atom is 0.341 e. The van der Waals surface area contributed by atoms with Crippen LogP contribution in [0.5, 0.6) is 0 Å². The van der Waals surface area contributed by atoms with Gasteiger partial charge in [0.25, 0.3) is 5.56 Å². The quantitative estimate of drug-likeness (QED) is 0.792. The van der Waals surface area contributed by atoms with Crippen LogP contribution in [0.1, 0.15) is 21.5 Å². The molecule has 6 nitrogen and oxygen atoms in total. The van der Waals surface area contributed by atoms with Crippen molar-refractivity contribution in [1.29, 1.82) is 5.26 Å². The molecule has 0 amide bonds. The Labute approximate surface area is 143 Å². The van der Waals surface area contributed by atoms with Crippen LogP contribution in [0.2, 0.25) is 0 Å². The number of carboxylic acids is 1. The largest absolute Gasteiger partial charge is 0.477 e. The van der Waals surface area contributed by atoms with Gasteiger partial charge in [0.1, 0.15) is 5.56 Å². The lowest BCUT2D eigenvalue weighted by molar-refractivity contribution is 0.0694. The molecule has 0 saturated carbocycles. The Bertz CT molecular complexity index is 1020. The van der Waals surface area contributed by atoms with Crippen molar-refractivity contribution in [1.82, 2.24) is 9.78 Å². The maximum absolute atomic E-state index is 12.4. The fourth-order valence-electron chi connectivity index (χ4n) is 2.42. The highest BCUT2D eigenvalue weighted by molar-refractivity contribution is 5.88. The molecule has 25 heavy (non-hydrogen) atoms. The summed E-state index contributed by atoms with van der Waals surface area (Å²) in [6.45, 7) is 0.171. The van der Waals surface area contributed by atoms with E-state index >= 15 is 0 Å². The molecule has 6 heteroatoms. The van der Waals surface area contributed by atoms with Crippen LogP contribution in [0.4, 0.5) is 0 Å². The summed E-state index contributed by atoms with van der Waals surface area (Å²) in [5, 5.41) is 22.5. The van der Waals surface area contributed by atoms with E-state index in [4.69, 9.17) is 5.26 Å². The van der Waals surface area contributed by atoms with Gasteiger partial charge in [-0.15, -0.1) is 0 Å². The van der Waals surface area contributed by atoms with Crippen molar-refractivity contribution in [3.05, 3.63) is 87.7 Å². The van der Waals surface area contributed by atoms with Gasteiger partial charge in [-0.2, -0.15) is 10.4 Å². The lowest BCUT2D eigenvalue weighted by Gasteiger charge is -2.09. The zero-order valence-corrected chi connectivity index (χ0v) is 13.1. The van der Waals surface area contributed by atoms with Crippen molar-refractivity contribution in [2.45, 2.75) is 6.54 Å². The summed E-state index contributed by atoms with van der Waals surface area (Å²) in [6.07, 6.45) is 0. The minimum absolute atomic E-state index is 0.171. The zero-order chi connectivity index (χ0) is 17.8. The third-order valence-corrected chi connectivity index (χ3v) is 3.69. The van der Waals surface area contributed by atoms with Gasteiger partial charge in [-0.1, -0.05) is 42.5 Å². The summed E-state index contributed by atoms with van der Waals surface area (Å²) < 4.78 is 1.15. The Morgan fingerprint density at radius 2 is 1.80 bits per heavy atom. The summed E-state index contributed by atoms with van der Waals surface area (Å²) in [6, 6.07) is 19.0. The molecule has 0 saturated heterocycles. The highest BCUT2D eigenvalue weighted by Gasteiger charge is 2.15. The van der Waals surface area contributed by atoms with Crippen molar-refractivity contribution < 1.29 is 9.90 Å². The maximum atomic E-state index is 12.4. The Kier molecular flexibility index (Phi) is 4.40. The molecular weight excluding hydrogens is 318 g/mol. The van der Waals surface area contributed by atoms with E-state index in [1.807, 2.05) is 36.4 Å². The first kappa shape index (κ1) is 16.1. The predicted octanol–water partition coefficient (Wildman–Crippen LogP) is 2.53. The van der Waals surface area contributed by atoms with Crippen molar-refractivity contribution in [3.63, 3.8) is 0 Å². The molecule has 1 N–H and O–H groups in total. The van der Waals surface area contributed by atoms with Crippen molar-refractivity contribution >= 4 is 5.97 Å². The van der Waals surface area contributed by atoms with E-state index < -0.39 is 11.5 Å². The van der Waals surface area contributed by atoms with Gasteiger partial charge in [-0.05, 0) is 23.8 Å². The van der Waals surface area contributed by atoms with E-state index in [1.165, 1.54) is 6.07 Å². The number of nitrogens with zero attached hydrogens (tertiary/aromatic N) is 3. The molecule has 0 aliphatic heterocycles. The van der Waals surface area contributed by atoms with E-state index in [9.17, 15) is 14.7 Å². The lowest BCUT2D eigenvalue weighted by atomic mass is 10.1. The molecule has 0 unspecified atom stereocenters. The van der Waals surface area contributed by atoms with Crippen LogP contribution in [-0.4, -0.2) is 20.9 Å². The summed E-state index contributed by atoms with van der Waals surface area (Å²) in [5.41, 5.74) is 1.31. The van der Waals surface area contributed by atoms with Crippen LogP contribution in [0.25, 0.3) is 11.3 Å². The number of aromatic carboxylic acids is 1. The third-order valence-electron chi connectivity index (χ3n) is 3.69. The molecule has 1 heterocycles. The SMILES string of the molecule is N#Cc1ccc(-c2cc(C(=O)O)c(=O)n(Cc3ccccc3)n2)cc1. The molecule has 0 bridgehead atoms. The van der Waals surface area contributed by atoms with Crippen LogP contribution in [0, 0.1) is 11.3 Å². The number of hydrogen-bond donors (Lipinski definition) is 1. The second-order valence-electron chi connectivity index (χ2n) is 5.39. The van der Waals surface area contributed by atoms with Gasteiger partial charge in [-0.25, -0.2) is 9.48 Å². The third kappa shape index (κ3) is 3.46. The fourth-order valence-corrected chi connectivity index (χ4v) is 2.42. The Hall–Kier alpha value is -3.72. The minimum Gasteiger partial charge on any atom is -0.477 e. The number of nitriles is 1. The number of carboxylic acid groups (broad SMARTS) is 1. The molecular formula is C19H13N3O3. The van der Waals surface area contributed by atoms with Crippen LogP contribution in [0.3, 0.4) is 0 Å². The highest BCUT2D eigenvalue weighted by atomic mass is 16.4. The second kappa shape index (κ2) is 6.81. The first-order valence-corrected chi connectivity index (χ1v) is 7.48. The average molecular weight is 331 g/mol. The van der Waals surface area contributed by atoms with E-state index in [0.29, 0.717) is 16.8 Å². The first-order valence-electron chi connectivity index (χ1n) is 7.48. The van der Waals surface area contributed by atoms with Gasteiger partial charge in [0.15, 0.2) is 0 Å². The monoisotopic (exact) mass is 331 g/mol. The van der Waals surface area contributed by atoms with Gasteiger partial charge < -0.3 is 5.11 Å². The van der Waals surface area contributed by atoms with Crippen LogP contribution >= 0.6 is 0 Å².